The number of benzene rings is 2. The molecule has 4 atom stereocenters. The van der Waals surface area contributed by atoms with Crippen molar-refractivity contribution in [3.63, 3.8) is 0 Å². The summed E-state index contributed by atoms with van der Waals surface area (Å²) < 4.78 is 10.8. The number of carboxylic acid groups (broad SMARTS) is 1. The number of halogens is 1. The molecule has 1 heterocycles. The number of aromatic carboxylic acids is 1. The van der Waals surface area contributed by atoms with E-state index in [-0.39, 0.29) is 68.5 Å². The molecule has 2 amide bonds. The van der Waals surface area contributed by atoms with Gasteiger partial charge in [-0.25, -0.2) is 4.79 Å². The van der Waals surface area contributed by atoms with E-state index in [4.69, 9.17) is 9.47 Å². The highest BCUT2D eigenvalue weighted by Gasteiger charge is 2.56. The Hall–Kier alpha value is -4.51. The lowest BCUT2D eigenvalue weighted by Gasteiger charge is -2.42. The molecule has 2 aromatic carbocycles. The van der Waals surface area contributed by atoms with E-state index in [0.29, 0.717) is 11.1 Å². The van der Waals surface area contributed by atoms with Crippen LogP contribution in [-0.4, -0.2) is 53.8 Å². The molecule has 214 valence electrons. The van der Waals surface area contributed by atoms with Crippen molar-refractivity contribution >= 4 is 51.0 Å². The van der Waals surface area contributed by atoms with Crippen LogP contribution in [0.2, 0.25) is 0 Å². The molecule has 0 spiro atoms. The molecule has 42 heavy (non-hydrogen) atoms. The van der Waals surface area contributed by atoms with Gasteiger partial charge < -0.3 is 19.7 Å². The van der Waals surface area contributed by atoms with Gasteiger partial charge in [-0.2, -0.15) is 0 Å². The molecule has 1 saturated heterocycles. The highest BCUT2D eigenvalue weighted by molar-refractivity contribution is 9.12. The number of methoxy groups -OCH3 is 2. The molecule has 0 radical (unpaired) electrons. The average molecular weight is 634 g/mol. The van der Waals surface area contributed by atoms with Gasteiger partial charge in [0.05, 0.1) is 41.8 Å². The smallest absolute Gasteiger partial charge is 0.335 e. The molecule has 2 N–H and O–H groups in total. The number of ether oxygens (including phenoxy) is 2. The number of aromatic hydroxyl groups is 1. The largest absolute Gasteiger partial charge is 0.502 e. The number of hydrogen-bond acceptors (Lipinski definition) is 8. The number of Topliss-reactive ketones (excluding diaryl/α,β-unsaturated/α-hetero) is 1. The molecule has 4 aliphatic rings. The molecule has 0 aromatic heterocycles. The van der Waals surface area contributed by atoms with Crippen LogP contribution in [0.1, 0.15) is 34.7 Å². The van der Waals surface area contributed by atoms with E-state index in [9.17, 15) is 34.2 Å². The Morgan fingerprint density at radius 2 is 1.69 bits per heavy atom. The number of imide groups is 1. The number of phenols is 1. The van der Waals surface area contributed by atoms with Crippen LogP contribution in [0.4, 0.5) is 5.69 Å². The summed E-state index contributed by atoms with van der Waals surface area (Å²) in [5.41, 5.74) is 1.84. The minimum absolute atomic E-state index is 0.0625. The fourth-order valence-electron chi connectivity index (χ4n) is 6.70. The summed E-state index contributed by atoms with van der Waals surface area (Å²) in [6.07, 6.45) is 3.38. The van der Waals surface area contributed by atoms with Crippen molar-refractivity contribution in [2.75, 3.05) is 19.1 Å². The van der Waals surface area contributed by atoms with Gasteiger partial charge in [0.1, 0.15) is 0 Å². The minimum atomic E-state index is -1.19. The highest BCUT2D eigenvalue weighted by atomic mass is 79.9. The molecule has 3 aliphatic carbocycles. The zero-order valence-electron chi connectivity index (χ0n) is 22.4. The van der Waals surface area contributed by atoms with Gasteiger partial charge in [0, 0.05) is 23.1 Å². The molecular formula is C31H24BrNO9. The predicted molar refractivity (Wildman–Crippen MR) is 152 cm³/mol. The Morgan fingerprint density at radius 3 is 2.33 bits per heavy atom. The molecule has 0 bridgehead atoms. The number of rotatable bonds is 5. The van der Waals surface area contributed by atoms with Gasteiger partial charge in [-0.05, 0) is 70.6 Å². The maximum Gasteiger partial charge on any atom is 0.335 e. The zero-order chi connectivity index (χ0) is 30.0. The van der Waals surface area contributed by atoms with Crippen LogP contribution >= 0.6 is 15.9 Å². The summed E-state index contributed by atoms with van der Waals surface area (Å²) in [6, 6.07) is 8.78. The maximum absolute atomic E-state index is 14.0. The van der Waals surface area contributed by atoms with Gasteiger partial charge in [0.2, 0.25) is 17.6 Å². The number of anilines is 1. The third-order valence-electron chi connectivity index (χ3n) is 8.52. The number of carbonyl (C=O) groups is 5. The van der Waals surface area contributed by atoms with E-state index >= 15 is 0 Å². The second-order valence-electron chi connectivity index (χ2n) is 10.5. The van der Waals surface area contributed by atoms with Crippen molar-refractivity contribution in [3.05, 3.63) is 80.9 Å². The number of phenolic OH excluding ortho intramolecular Hbond substituents is 1. The fraction of sp³-hybridized carbons (Fsp3) is 0.258. The van der Waals surface area contributed by atoms with Gasteiger partial charge in [0.25, 0.3) is 0 Å². The lowest BCUT2D eigenvalue weighted by atomic mass is 9.59. The Morgan fingerprint density at radius 1 is 1.00 bits per heavy atom. The Bertz CT molecular complexity index is 1690. The number of amides is 2. The summed E-state index contributed by atoms with van der Waals surface area (Å²) in [7, 11) is 2.76. The van der Waals surface area contributed by atoms with Gasteiger partial charge in [0.15, 0.2) is 23.1 Å². The Balaban J connectivity index is 1.50. The number of hydrogen-bond donors (Lipinski definition) is 2. The number of nitrogens with zero attached hydrogens (tertiary/aromatic N) is 1. The molecule has 0 unspecified atom stereocenters. The number of allylic oxidation sites excluding steroid dienone is 6. The summed E-state index contributed by atoms with van der Waals surface area (Å²) in [6.45, 7) is 0. The third kappa shape index (κ3) is 4.02. The first kappa shape index (κ1) is 27.6. The van der Waals surface area contributed by atoms with Crippen LogP contribution in [0.25, 0.3) is 0 Å². The van der Waals surface area contributed by atoms with Gasteiger partial charge >= 0.3 is 5.97 Å². The van der Waals surface area contributed by atoms with Crippen LogP contribution in [0.5, 0.6) is 17.2 Å². The highest BCUT2D eigenvalue weighted by Crippen LogP contribution is 2.56. The Labute approximate surface area is 248 Å². The lowest BCUT2D eigenvalue weighted by molar-refractivity contribution is -0.123. The quantitative estimate of drug-likeness (QED) is 0.282. The van der Waals surface area contributed by atoms with Crippen LogP contribution < -0.4 is 14.4 Å². The van der Waals surface area contributed by atoms with E-state index in [1.807, 2.05) is 6.08 Å². The first-order valence-corrected chi connectivity index (χ1v) is 13.9. The molecule has 1 fully saturated rings. The molecule has 1 aliphatic heterocycles. The molecule has 11 heteroatoms. The van der Waals surface area contributed by atoms with Crippen LogP contribution in [0.15, 0.2) is 69.8 Å². The lowest BCUT2D eigenvalue weighted by Crippen LogP contribution is -2.39. The normalized spacial score (nSPS) is 25.0. The summed E-state index contributed by atoms with van der Waals surface area (Å²) in [5.74, 6) is -5.83. The second kappa shape index (κ2) is 10.1. The van der Waals surface area contributed by atoms with E-state index in [0.717, 1.165) is 4.90 Å². The molecule has 10 nitrogen and oxygen atoms in total. The SMILES string of the molecule is COc1cc([C@H]2C3=CC[C@@H]4C(=O)N(c5cccc(C(=O)O)c5)C(=O)[C@@H]4[C@@H]3CC3=C2C(=O)C=C(Br)C3=O)cc(OC)c1O. The minimum Gasteiger partial charge on any atom is -0.502 e. The van der Waals surface area contributed by atoms with E-state index in [2.05, 4.69) is 15.9 Å². The Kier molecular flexibility index (Phi) is 6.64. The van der Waals surface area contributed by atoms with Gasteiger partial charge in [-0.1, -0.05) is 17.7 Å². The van der Waals surface area contributed by atoms with Crippen LogP contribution in [-0.2, 0) is 19.2 Å². The average Bonchev–Trinajstić information content (AvgIpc) is 3.24. The van der Waals surface area contributed by atoms with Gasteiger partial charge in [-0.15, -0.1) is 0 Å². The van der Waals surface area contributed by atoms with E-state index in [1.54, 1.807) is 12.1 Å². The first-order chi connectivity index (χ1) is 20.1. The predicted octanol–water partition coefficient (Wildman–Crippen LogP) is 4.07. The van der Waals surface area contributed by atoms with Crippen molar-refractivity contribution in [2.24, 2.45) is 17.8 Å². The third-order valence-corrected chi connectivity index (χ3v) is 9.11. The van der Waals surface area contributed by atoms with Crippen molar-refractivity contribution in [3.8, 4) is 17.2 Å². The number of carbonyl (C=O) groups excluding carboxylic acids is 4. The molecule has 0 saturated carbocycles. The van der Waals surface area contributed by atoms with Crippen LogP contribution in [0, 0.1) is 17.8 Å². The molecule has 2 aromatic rings. The summed E-state index contributed by atoms with van der Waals surface area (Å²) >= 11 is 3.20. The first-order valence-electron chi connectivity index (χ1n) is 13.1. The number of carboxylic acids is 1. The van der Waals surface area contributed by atoms with Crippen molar-refractivity contribution in [1.29, 1.82) is 0 Å². The number of fused-ring (bicyclic) bond motifs is 3. The standard InChI is InChI=1S/C31H24BrNO9/c1-41-22-9-14(10-23(42-2)28(22)36)24-16-6-7-17-25(18(16)11-19-26(24)21(34)12-20(32)27(19)35)30(38)33(29(17)37)15-5-3-4-13(8-15)31(39)40/h3-6,8-10,12,17-18,24-25,36H,7,11H2,1-2H3,(H,39,40)/t17-,18+,24-,25-/m0/s1. The topological polar surface area (TPSA) is 148 Å². The van der Waals surface area contributed by atoms with E-state index in [1.165, 1.54) is 44.6 Å². The zero-order valence-corrected chi connectivity index (χ0v) is 24.0. The van der Waals surface area contributed by atoms with Crippen molar-refractivity contribution < 1.29 is 43.7 Å². The van der Waals surface area contributed by atoms with Crippen molar-refractivity contribution in [1.82, 2.24) is 0 Å². The molecule has 6 rings (SSSR count). The second-order valence-corrected chi connectivity index (χ2v) is 11.4. The molecular weight excluding hydrogens is 610 g/mol. The monoisotopic (exact) mass is 633 g/mol. The van der Waals surface area contributed by atoms with E-state index < -0.39 is 41.5 Å². The summed E-state index contributed by atoms with van der Waals surface area (Å²) in [5, 5.41) is 20.0. The van der Waals surface area contributed by atoms with Gasteiger partial charge in [-0.3, -0.25) is 24.1 Å². The number of ketones is 2. The van der Waals surface area contributed by atoms with Crippen molar-refractivity contribution in [2.45, 2.75) is 18.8 Å². The summed E-state index contributed by atoms with van der Waals surface area (Å²) in [4.78, 5) is 67.1. The van der Waals surface area contributed by atoms with Crippen LogP contribution in [0.3, 0.4) is 0 Å². The fourth-order valence-corrected chi connectivity index (χ4v) is 7.15. The maximum atomic E-state index is 14.0.